The van der Waals surface area contributed by atoms with E-state index >= 15 is 8.78 Å². The molecule has 43 heavy (non-hydrogen) atoms. The fraction of sp³-hybridized carbons (Fsp3) is 0.484. The van der Waals surface area contributed by atoms with Gasteiger partial charge in [0.1, 0.15) is 22.9 Å². The Hall–Kier alpha value is -3.27. The third kappa shape index (κ3) is 6.35. The summed E-state index contributed by atoms with van der Waals surface area (Å²) < 4.78 is 44.4. The van der Waals surface area contributed by atoms with Crippen LogP contribution in [0.5, 0.6) is 0 Å². The number of benzene rings is 1. The van der Waals surface area contributed by atoms with E-state index in [0.29, 0.717) is 22.7 Å². The van der Waals surface area contributed by atoms with E-state index in [1.165, 1.54) is 11.6 Å². The molecule has 3 aromatic heterocycles. The molecule has 0 amide bonds. The molecular weight excluding hydrogens is 569 g/mol. The van der Waals surface area contributed by atoms with Crippen LogP contribution in [0.4, 0.5) is 20.5 Å². The molecule has 0 spiro atoms. The zero-order valence-electron chi connectivity index (χ0n) is 25.5. The van der Waals surface area contributed by atoms with E-state index in [9.17, 15) is 4.57 Å². The average molecular weight is 609 g/mol. The van der Waals surface area contributed by atoms with Gasteiger partial charge >= 0.3 is 0 Å². The second kappa shape index (κ2) is 11.3. The number of aryl methyl sites for hydroxylation is 1. The predicted molar refractivity (Wildman–Crippen MR) is 167 cm³/mol. The minimum absolute atomic E-state index is 0.00155. The number of fused-ring (bicyclic) bond motifs is 2. The highest BCUT2D eigenvalue weighted by molar-refractivity contribution is 7.63. The Labute approximate surface area is 251 Å². The summed E-state index contributed by atoms with van der Waals surface area (Å²) in [5, 5.41) is 3.11. The fourth-order valence-corrected chi connectivity index (χ4v) is 7.79. The van der Waals surface area contributed by atoms with Gasteiger partial charge in [-0.3, -0.25) is 4.90 Å². The zero-order valence-corrected chi connectivity index (χ0v) is 26.4. The smallest absolute Gasteiger partial charge is 0.229 e. The molecule has 2 aliphatic heterocycles. The Bertz CT molecular complexity index is 1720. The average Bonchev–Trinajstić information content (AvgIpc) is 3.30. The molecular formula is C31H39F2N8OP. The maximum absolute atomic E-state index is 15.2. The first kappa shape index (κ1) is 29.8. The monoisotopic (exact) mass is 608 g/mol. The van der Waals surface area contributed by atoms with E-state index in [4.69, 9.17) is 4.98 Å². The van der Waals surface area contributed by atoms with Crippen molar-refractivity contribution in [1.82, 2.24) is 34.3 Å². The molecule has 1 saturated heterocycles. The summed E-state index contributed by atoms with van der Waals surface area (Å²) in [4.78, 5) is 22.6. The highest BCUT2D eigenvalue weighted by atomic mass is 31.2. The van der Waals surface area contributed by atoms with Gasteiger partial charge in [0.25, 0.3) is 0 Å². The maximum Gasteiger partial charge on any atom is 0.229 e. The summed E-state index contributed by atoms with van der Waals surface area (Å²) in [7, 11) is -1.91. The summed E-state index contributed by atoms with van der Waals surface area (Å²) in [6.45, 7) is 15.4. The van der Waals surface area contributed by atoms with Crippen LogP contribution in [0.3, 0.4) is 0 Å². The Kier molecular flexibility index (Phi) is 7.85. The molecule has 2 aliphatic rings. The highest BCUT2D eigenvalue weighted by Gasteiger charge is 2.26. The fourth-order valence-electron chi connectivity index (χ4n) is 6.15. The zero-order chi connectivity index (χ0) is 30.5. The van der Waals surface area contributed by atoms with E-state index in [0.717, 1.165) is 69.9 Å². The molecule has 5 heterocycles. The molecule has 0 aliphatic carbocycles. The van der Waals surface area contributed by atoms with Crippen LogP contribution in [0.1, 0.15) is 37.9 Å². The standard InChI is InChI=1S/C31H39F2N8OP/c1-20-35-29-23(32)16-22(17-26(29)41(20)31(2,3)4)28-24(33)18-34-30(38-28)37-27-7-6-21-19-40(9-8-25(21)36-27)11-10-39-12-14-43(5,42)15-13-39/h6-7,16-18H,8-15,19H2,1-5H3,(H,34,36,37,38). The molecule has 228 valence electrons. The molecule has 0 unspecified atom stereocenters. The lowest BCUT2D eigenvalue weighted by atomic mass is 10.1. The van der Waals surface area contributed by atoms with Gasteiger partial charge in [-0.2, -0.15) is 0 Å². The van der Waals surface area contributed by atoms with Crippen LogP contribution in [0.2, 0.25) is 0 Å². The highest BCUT2D eigenvalue weighted by Crippen LogP contribution is 2.42. The SMILES string of the molecule is Cc1nc2c(F)cc(-c3nc(Nc4ccc5c(n4)CCN(CCN4CCP(C)(=O)CC4)C5)ncc3F)cc2n1C(C)(C)C. The maximum atomic E-state index is 15.2. The van der Waals surface area contributed by atoms with Gasteiger partial charge in [0.15, 0.2) is 11.6 Å². The van der Waals surface area contributed by atoms with Crippen molar-refractivity contribution in [3.8, 4) is 11.3 Å². The van der Waals surface area contributed by atoms with Gasteiger partial charge in [-0.15, -0.1) is 0 Å². The van der Waals surface area contributed by atoms with Gasteiger partial charge in [0, 0.05) is 74.8 Å². The second-order valence-electron chi connectivity index (χ2n) is 12.9. The van der Waals surface area contributed by atoms with E-state index in [1.807, 2.05) is 45.0 Å². The molecule has 0 radical (unpaired) electrons. The molecule has 9 nitrogen and oxygen atoms in total. The number of nitrogens with one attached hydrogen (secondary N) is 1. The van der Waals surface area contributed by atoms with Crippen molar-refractivity contribution in [3.05, 3.63) is 59.2 Å². The number of hydrogen-bond donors (Lipinski definition) is 1. The van der Waals surface area contributed by atoms with Crippen molar-refractivity contribution >= 4 is 29.9 Å². The number of rotatable bonds is 6. The normalized spacial score (nSPS) is 17.7. The van der Waals surface area contributed by atoms with E-state index in [1.54, 1.807) is 6.07 Å². The van der Waals surface area contributed by atoms with Gasteiger partial charge in [-0.25, -0.2) is 28.7 Å². The summed E-state index contributed by atoms with van der Waals surface area (Å²) in [5.74, 6) is 0.265. The first-order valence-electron chi connectivity index (χ1n) is 14.8. The lowest BCUT2D eigenvalue weighted by molar-refractivity contribution is 0.199. The molecule has 0 saturated carbocycles. The minimum atomic E-state index is -1.91. The molecule has 1 aromatic carbocycles. The lowest BCUT2D eigenvalue weighted by Gasteiger charge is -2.34. The number of hydrogen-bond acceptors (Lipinski definition) is 8. The number of halogens is 2. The molecule has 0 bridgehead atoms. The largest absolute Gasteiger partial charge is 0.324 e. The number of pyridine rings is 1. The van der Waals surface area contributed by atoms with Crippen molar-refractivity contribution < 1.29 is 13.3 Å². The summed E-state index contributed by atoms with van der Waals surface area (Å²) in [5.41, 5.74) is 3.01. The molecule has 12 heteroatoms. The Morgan fingerprint density at radius 2 is 1.72 bits per heavy atom. The van der Waals surface area contributed by atoms with Gasteiger partial charge in [-0.1, -0.05) is 6.07 Å². The van der Waals surface area contributed by atoms with Crippen LogP contribution in [-0.2, 0) is 23.1 Å². The Morgan fingerprint density at radius 3 is 2.47 bits per heavy atom. The molecule has 1 N–H and O–H groups in total. The summed E-state index contributed by atoms with van der Waals surface area (Å²) >= 11 is 0. The molecule has 4 aromatic rings. The molecule has 6 rings (SSSR count). The first-order valence-corrected chi connectivity index (χ1v) is 17.4. The van der Waals surface area contributed by atoms with Gasteiger partial charge in [0.05, 0.1) is 18.9 Å². The van der Waals surface area contributed by atoms with Crippen molar-refractivity contribution in [2.45, 2.75) is 46.2 Å². The lowest BCUT2D eigenvalue weighted by Crippen LogP contribution is -2.42. The molecule has 1 fully saturated rings. The van der Waals surface area contributed by atoms with E-state index in [2.05, 4.69) is 36.1 Å². The summed E-state index contributed by atoms with van der Waals surface area (Å²) in [6, 6.07) is 6.95. The third-order valence-electron chi connectivity index (χ3n) is 8.45. The van der Waals surface area contributed by atoms with E-state index < -0.39 is 18.8 Å². The number of imidazole rings is 1. The van der Waals surface area contributed by atoms with Crippen LogP contribution >= 0.6 is 7.14 Å². The quantitative estimate of drug-likeness (QED) is 0.281. The Morgan fingerprint density at radius 1 is 0.977 bits per heavy atom. The molecule has 0 atom stereocenters. The third-order valence-corrected chi connectivity index (χ3v) is 10.7. The van der Waals surface area contributed by atoms with Gasteiger partial charge in [-0.05, 0) is 58.1 Å². The van der Waals surface area contributed by atoms with Crippen LogP contribution in [-0.4, -0.2) is 86.0 Å². The number of anilines is 2. The number of aromatic nitrogens is 5. The topological polar surface area (TPSA) is 92.1 Å². The second-order valence-corrected chi connectivity index (χ2v) is 16.4. The van der Waals surface area contributed by atoms with Crippen LogP contribution in [0, 0.1) is 18.6 Å². The van der Waals surface area contributed by atoms with Crippen LogP contribution in [0.15, 0.2) is 30.5 Å². The van der Waals surface area contributed by atoms with Crippen LogP contribution < -0.4 is 5.32 Å². The Balaban J connectivity index is 1.17. The first-order chi connectivity index (χ1) is 20.4. The summed E-state index contributed by atoms with van der Waals surface area (Å²) in [6.07, 6.45) is 3.56. The van der Waals surface area contributed by atoms with Crippen molar-refractivity contribution in [2.75, 3.05) is 57.0 Å². The minimum Gasteiger partial charge on any atom is -0.324 e. The van der Waals surface area contributed by atoms with Gasteiger partial charge < -0.3 is 19.3 Å². The van der Waals surface area contributed by atoms with Crippen molar-refractivity contribution in [2.24, 2.45) is 0 Å². The van der Waals surface area contributed by atoms with E-state index in [-0.39, 0.29) is 22.7 Å². The van der Waals surface area contributed by atoms with Gasteiger partial charge in [0.2, 0.25) is 5.95 Å². The van der Waals surface area contributed by atoms with Crippen molar-refractivity contribution in [1.29, 1.82) is 0 Å². The number of nitrogens with zero attached hydrogens (tertiary/aromatic N) is 7. The van der Waals surface area contributed by atoms with Crippen molar-refractivity contribution in [3.63, 3.8) is 0 Å². The van der Waals surface area contributed by atoms with Crippen LogP contribution in [0.25, 0.3) is 22.3 Å². The predicted octanol–water partition coefficient (Wildman–Crippen LogP) is 5.64.